The molecule has 0 aromatic heterocycles. The molecule has 0 fully saturated rings. The highest BCUT2D eigenvalue weighted by Gasteiger charge is 2.03. The highest BCUT2D eigenvalue weighted by molar-refractivity contribution is 5.24. The average Bonchev–Trinajstić information content (AvgIpc) is 2.17. The van der Waals surface area contributed by atoms with E-state index < -0.39 is 12.7 Å². The van der Waals surface area contributed by atoms with Gasteiger partial charge >= 0.3 is 0 Å². The molecule has 0 aliphatic heterocycles. The standard InChI is InChI=1S/C10H14FN/c1-2-8-3-5-9(6-4-8)10(12)7-11/h3-6,10H,2,7,12H2,1H3/t10-/m1/s1. The molecule has 12 heavy (non-hydrogen) atoms. The van der Waals surface area contributed by atoms with Gasteiger partial charge in [0, 0.05) is 0 Å². The number of alkyl halides is 1. The second kappa shape index (κ2) is 4.21. The quantitative estimate of drug-likeness (QED) is 0.734. The lowest BCUT2D eigenvalue weighted by Gasteiger charge is -2.07. The summed E-state index contributed by atoms with van der Waals surface area (Å²) in [5.74, 6) is 0. The Labute approximate surface area is 72.4 Å². The van der Waals surface area contributed by atoms with Gasteiger partial charge in [-0.05, 0) is 17.5 Å². The maximum atomic E-state index is 12.1. The normalized spacial score (nSPS) is 12.9. The van der Waals surface area contributed by atoms with E-state index in [1.165, 1.54) is 5.56 Å². The van der Waals surface area contributed by atoms with E-state index in [4.69, 9.17) is 5.73 Å². The number of halogens is 1. The van der Waals surface area contributed by atoms with E-state index in [2.05, 4.69) is 6.92 Å². The molecule has 2 heteroatoms. The van der Waals surface area contributed by atoms with Gasteiger partial charge in [-0.3, -0.25) is 0 Å². The van der Waals surface area contributed by atoms with Crippen LogP contribution >= 0.6 is 0 Å². The predicted octanol–water partition coefficient (Wildman–Crippen LogP) is 2.22. The van der Waals surface area contributed by atoms with Gasteiger partial charge in [0.05, 0.1) is 6.04 Å². The molecular formula is C10H14FN. The van der Waals surface area contributed by atoms with Crippen molar-refractivity contribution >= 4 is 0 Å². The van der Waals surface area contributed by atoms with Crippen LogP contribution < -0.4 is 5.73 Å². The maximum absolute atomic E-state index is 12.1. The number of rotatable bonds is 3. The minimum Gasteiger partial charge on any atom is -0.322 e. The minimum atomic E-state index is -0.495. The molecule has 0 aliphatic rings. The molecule has 1 atom stereocenters. The van der Waals surface area contributed by atoms with Gasteiger partial charge in [-0.15, -0.1) is 0 Å². The summed E-state index contributed by atoms with van der Waals surface area (Å²) in [4.78, 5) is 0. The molecule has 0 unspecified atom stereocenters. The molecule has 2 N–H and O–H groups in total. The zero-order valence-corrected chi connectivity index (χ0v) is 7.26. The minimum absolute atomic E-state index is 0.462. The van der Waals surface area contributed by atoms with E-state index in [9.17, 15) is 4.39 Å². The first-order valence-corrected chi connectivity index (χ1v) is 4.18. The van der Waals surface area contributed by atoms with Crippen molar-refractivity contribution in [3.05, 3.63) is 35.4 Å². The Morgan fingerprint density at radius 3 is 2.33 bits per heavy atom. The molecule has 0 saturated heterocycles. The number of benzene rings is 1. The molecule has 0 aliphatic carbocycles. The van der Waals surface area contributed by atoms with Crippen molar-refractivity contribution in [2.24, 2.45) is 5.73 Å². The number of nitrogens with two attached hydrogens (primary N) is 1. The molecule has 1 aromatic carbocycles. The Morgan fingerprint density at radius 1 is 1.33 bits per heavy atom. The van der Waals surface area contributed by atoms with Gasteiger partial charge in [-0.25, -0.2) is 4.39 Å². The van der Waals surface area contributed by atoms with E-state index in [1.54, 1.807) is 0 Å². The summed E-state index contributed by atoms with van der Waals surface area (Å²) < 4.78 is 12.1. The van der Waals surface area contributed by atoms with Crippen LogP contribution in [0.1, 0.15) is 24.1 Å². The molecule has 0 radical (unpaired) electrons. The molecule has 0 spiro atoms. The molecule has 1 nitrogen and oxygen atoms in total. The third-order valence-electron chi connectivity index (χ3n) is 1.98. The Hall–Kier alpha value is -0.890. The van der Waals surface area contributed by atoms with Crippen LogP contribution in [0.3, 0.4) is 0 Å². The summed E-state index contributed by atoms with van der Waals surface area (Å²) in [6, 6.07) is 7.30. The monoisotopic (exact) mass is 167 g/mol. The van der Waals surface area contributed by atoms with E-state index in [-0.39, 0.29) is 0 Å². The van der Waals surface area contributed by atoms with E-state index in [0.29, 0.717) is 0 Å². The Morgan fingerprint density at radius 2 is 1.92 bits per heavy atom. The highest BCUT2D eigenvalue weighted by Crippen LogP contribution is 2.12. The van der Waals surface area contributed by atoms with Crippen LogP contribution in [0.25, 0.3) is 0 Å². The number of aryl methyl sites for hydroxylation is 1. The number of hydrogen-bond acceptors (Lipinski definition) is 1. The van der Waals surface area contributed by atoms with Gasteiger partial charge < -0.3 is 5.73 Å². The Balaban J connectivity index is 2.77. The van der Waals surface area contributed by atoms with Crippen molar-refractivity contribution in [1.29, 1.82) is 0 Å². The van der Waals surface area contributed by atoms with Crippen molar-refractivity contribution in [3.8, 4) is 0 Å². The molecular weight excluding hydrogens is 153 g/mol. The topological polar surface area (TPSA) is 26.0 Å². The zero-order chi connectivity index (χ0) is 8.97. The maximum Gasteiger partial charge on any atom is 0.109 e. The molecule has 1 aromatic rings. The first-order chi connectivity index (χ1) is 5.77. The first-order valence-electron chi connectivity index (χ1n) is 4.18. The lowest BCUT2D eigenvalue weighted by Crippen LogP contribution is -2.11. The lowest BCUT2D eigenvalue weighted by molar-refractivity contribution is 0.437. The smallest absolute Gasteiger partial charge is 0.109 e. The van der Waals surface area contributed by atoms with Gasteiger partial charge in [-0.1, -0.05) is 31.2 Å². The molecule has 0 bridgehead atoms. The largest absolute Gasteiger partial charge is 0.322 e. The molecule has 0 saturated carbocycles. The van der Waals surface area contributed by atoms with E-state index in [0.717, 1.165) is 12.0 Å². The lowest BCUT2D eigenvalue weighted by atomic mass is 10.1. The van der Waals surface area contributed by atoms with Crippen LogP contribution in [0.2, 0.25) is 0 Å². The molecule has 66 valence electrons. The van der Waals surface area contributed by atoms with Crippen LogP contribution in [0.5, 0.6) is 0 Å². The van der Waals surface area contributed by atoms with Crippen LogP contribution in [0, 0.1) is 0 Å². The fourth-order valence-electron chi connectivity index (χ4n) is 1.09. The number of hydrogen-bond donors (Lipinski definition) is 1. The van der Waals surface area contributed by atoms with E-state index in [1.807, 2.05) is 24.3 Å². The molecule has 1 rings (SSSR count). The van der Waals surface area contributed by atoms with Crippen LogP contribution in [-0.2, 0) is 6.42 Å². The fraction of sp³-hybridized carbons (Fsp3) is 0.400. The Bertz CT molecular complexity index is 230. The van der Waals surface area contributed by atoms with Crippen molar-refractivity contribution in [2.75, 3.05) is 6.67 Å². The summed E-state index contributed by atoms with van der Waals surface area (Å²) in [7, 11) is 0. The summed E-state index contributed by atoms with van der Waals surface area (Å²) in [5.41, 5.74) is 7.64. The highest BCUT2D eigenvalue weighted by atomic mass is 19.1. The SMILES string of the molecule is CCc1ccc([C@H](N)CF)cc1. The van der Waals surface area contributed by atoms with Gasteiger partial charge in [0.25, 0.3) is 0 Å². The summed E-state index contributed by atoms with van der Waals surface area (Å²) in [6.45, 7) is 1.59. The van der Waals surface area contributed by atoms with Crippen LogP contribution in [0.15, 0.2) is 24.3 Å². The summed E-state index contributed by atoms with van der Waals surface area (Å²) in [5, 5.41) is 0. The summed E-state index contributed by atoms with van der Waals surface area (Å²) in [6.07, 6.45) is 1.01. The fourth-order valence-corrected chi connectivity index (χ4v) is 1.09. The average molecular weight is 167 g/mol. The molecule has 0 amide bonds. The Kier molecular flexibility index (Phi) is 3.23. The van der Waals surface area contributed by atoms with Crippen molar-refractivity contribution in [2.45, 2.75) is 19.4 Å². The third-order valence-corrected chi connectivity index (χ3v) is 1.98. The van der Waals surface area contributed by atoms with E-state index >= 15 is 0 Å². The van der Waals surface area contributed by atoms with Gasteiger partial charge in [0.1, 0.15) is 6.67 Å². The van der Waals surface area contributed by atoms with Crippen molar-refractivity contribution in [3.63, 3.8) is 0 Å². The second-order valence-corrected chi connectivity index (χ2v) is 2.86. The van der Waals surface area contributed by atoms with Crippen molar-refractivity contribution in [1.82, 2.24) is 0 Å². The molecule has 0 heterocycles. The van der Waals surface area contributed by atoms with Crippen LogP contribution in [0.4, 0.5) is 4.39 Å². The van der Waals surface area contributed by atoms with Gasteiger partial charge in [-0.2, -0.15) is 0 Å². The zero-order valence-electron chi connectivity index (χ0n) is 7.26. The second-order valence-electron chi connectivity index (χ2n) is 2.86. The van der Waals surface area contributed by atoms with Gasteiger partial charge in [0.15, 0.2) is 0 Å². The first kappa shape index (κ1) is 9.20. The van der Waals surface area contributed by atoms with Crippen LogP contribution in [-0.4, -0.2) is 6.67 Å². The summed E-state index contributed by atoms with van der Waals surface area (Å²) >= 11 is 0. The predicted molar refractivity (Wildman–Crippen MR) is 48.7 cm³/mol. The van der Waals surface area contributed by atoms with Gasteiger partial charge in [0.2, 0.25) is 0 Å². The third kappa shape index (κ3) is 2.05. The van der Waals surface area contributed by atoms with Crippen molar-refractivity contribution < 1.29 is 4.39 Å².